The molecule has 0 spiro atoms. The van der Waals surface area contributed by atoms with E-state index < -0.39 is 51.3 Å². The van der Waals surface area contributed by atoms with Crippen molar-refractivity contribution in [2.24, 2.45) is 5.11 Å². The van der Waals surface area contributed by atoms with Crippen LogP contribution in [0.15, 0.2) is 5.11 Å². The van der Waals surface area contributed by atoms with Crippen molar-refractivity contribution in [1.29, 1.82) is 0 Å². The van der Waals surface area contributed by atoms with Gasteiger partial charge < -0.3 is 0 Å². The van der Waals surface area contributed by atoms with Crippen molar-refractivity contribution in [3.63, 3.8) is 0 Å². The van der Waals surface area contributed by atoms with E-state index in [1.54, 1.807) is 0 Å². The lowest BCUT2D eigenvalue weighted by molar-refractivity contribution is -0.837. The Morgan fingerprint density at radius 3 is 1.43 bits per heavy atom. The Hall–Kier alpha value is -3.27. The number of nitro groups is 4. The number of hydrogen-bond donors (Lipinski definition) is 0. The first-order valence-electron chi connectivity index (χ1n) is 5.11. The number of nitrogens with zero attached hydrogens (tertiary/aromatic N) is 8. The molecular weight excluding hydrogens is 338 g/mol. The molecule has 0 aliphatic rings. The number of halogens is 2. The van der Waals surface area contributed by atoms with Crippen LogP contribution in [0.1, 0.15) is 0 Å². The fraction of sp³-hybridized carbons (Fsp3) is 1.00. The molecule has 0 N–H and O–H groups in total. The maximum Gasteiger partial charge on any atom is 0.626 e. The van der Waals surface area contributed by atoms with Crippen LogP contribution in [0, 0.1) is 40.5 Å². The van der Waals surface area contributed by atoms with Gasteiger partial charge in [0.1, 0.15) is 19.7 Å². The summed E-state index contributed by atoms with van der Waals surface area (Å²) in [6, 6.07) is 0. The molecule has 0 amide bonds. The lowest BCUT2D eigenvalue weighted by atomic mass is 10.3. The molecule has 0 saturated heterocycles. The summed E-state index contributed by atoms with van der Waals surface area (Å²) >= 11 is 0. The van der Waals surface area contributed by atoms with Crippen LogP contribution in [-0.2, 0) is 0 Å². The maximum atomic E-state index is 13.7. The van der Waals surface area contributed by atoms with Crippen molar-refractivity contribution in [2.45, 2.75) is 11.8 Å². The predicted octanol–water partition coefficient (Wildman–Crippen LogP) is -0.0904. The van der Waals surface area contributed by atoms with Gasteiger partial charge in [0.05, 0.1) is 6.67 Å². The standard InChI is InChI=1S/C5H6F2N8O8/c6-4(12(16)17,13(18)19)1-11(3-9-10-8)2-5(7,14(20)21)15(22)23/h1-3H2. The van der Waals surface area contributed by atoms with E-state index in [9.17, 15) is 49.2 Å². The summed E-state index contributed by atoms with van der Waals surface area (Å²) in [5.74, 6) is -8.92. The summed E-state index contributed by atoms with van der Waals surface area (Å²) < 4.78 is 27.3. The van der Waals surface area contributed by atoms with Crippen LogP contribution in [0.2, 0.25) is 0 Å². The van der Waals surface area contributed by atoms with Crippen molar-refractivity contribution >= 4 is 0 Å². The third-order valence-electron chi connectivity index (χ3n) is 2.30. The second-order valence-electron chi connectivity index (χ2n) is 3.83. The Labute approximate surface area is 122 Å². The molecule has 0 aliphatic heterocycles. The molecule has 0 bridgehead atoms. The van der Waals surface area contributed by atoms with Gasteiger partial charge >= 0.3 is 11.8 Å². The molecule has 0 aromatic rings. The number of rotatable bonds is 10. The minimum Gasteiger partial charge on any atom is -0.265 e. The van der Waals surface area contributed by atoms with Gasteiger partial charge in [0.2, 0.25) is 0 Å². The molecule has 16 nitrogen and oxygen atoms in total. The van der Waals surface area contributed by atoms with Crippen LogP contribution >= 0.6 is 0 Å². The van der Waals surface area contributed by atoms with Crippen molar-refractivity contribution < 1.29 is 28.5 Å². The molecule has 18 heteroatoms. The van der Waals surface area contributed by atoms with Crippen LogP contribution < -0.4 is 0 Å². The fourth-order valence-electron chi connectivity index (χ4n) is 1.21. The molecule has 0 saturated carbocycles. The highest BCUT2D eigenvalue weighted by Gasteiger charge is 2.64. The van der Waals surface area contributed by atoms with Crippen LogP contribution in [0.3, 0.4) is 0 Å². The molecule has 0 unspecified atom stereocenters. The first-order valence-corrected chi connectivity index (χ1v) is 5.11. The fourth-order valence-corrected chi connectivity index (χ4v) is 1.21. The Morgan fingerprint density at radius 2 is 1.22 bits per heavy atom. The SMILES string of the molecule is [N-]=[N+]=NCN(CC(F)([N+](=O)[O-])[N+](=O)[O-])CC(F)([N+](=O)[O-])[N+](=O)[O-]. The summed E-state index contributed by atoms with van der Waals surface area (Å²) in [6.45, 7) is -5.13. The van der Waals surface area contributed by atoms with Crippen molar-refractivity contribution in [1.82, 2.24) is 4.90 Å². The third-order valence-corrected chi connectivity index (χ3v) is 2.30. The normalized spacial score (nSPS) is 11.6. The summed E-state index contributed by atoms with van der Waals surface area (Å²) in [7, 11) is 0. The molecule has 0 heterocycles. The predicted molar refractivity (Wildman–Crippen MR) is 61.2 cm³/mol. The van der Waals surface area contributed by atoms with Gasteiger partial charge in [-0.15, -0.1) is 0 Å². The van der Waals surface area contributed by atoms with Crippen molar-refractivity contribution in [2.75, 3.05) is 19.8 Å². The molecule has 0 aliphatic carbocycles. The maximum absolute atomic E-state index is 13.7. The Kier molecular flexibility index (Phi) is 6.12. The quantitative estimate of drug-likeness (QED) is 0.0979. The molecular formula is C5H6F2N8O8. The zero-order valence-corrected chi connectivity index (χ0v) is 10.7. The lowest BCUT2D eigenvalue weighted by Gasteiger charge is -2.20. The monoisotopic (exact) mass is 344 g/mol. The van der Waals surface area contributed by atoms with Crippen LogP contribution in [0.4, 0.5) is 8.78 Å². The minimum absolute atomic E-state index is 0.142. The molecule has 0 rings (SSSR count). The highest BCUT2D eigenvalue weighted by molar-refractivity contribution is 4.68. The van der Waals surface area contributed by atoms with Gasteiger partial charge in [0, 0.05) is 4.91 Å². The molecule has 0 radical (unpaired) electrons. The Balaban J connectivity index is 5.66. The molecule has 0 atom stereocenters. The first-order chi connectivity index (χ1) is 10.4. The van der Waals surface area contributed by atoms with Gasteiger partial charge in [-0.3, -0.25) is 45.4 Å². The van der Waals surface area contributed by atoms with E-state index >= 15 is 0 Å². The van der Waals surface area contributed by atoms with Gasteiger partial charge in [0.25, 0.3) is 0 Å². The van der Waals surface area contributed by atoms with E-state index in [4.69, 9.17) is 5.53 Å². The van der Waals surface area contributed by atoms with Gasteiger partial charge in [-0.2, -0.15) is 0 Å². The highest BCUT2D eigenvalue weighted by Crippen LogP contribution is 2.20. The average Bonchev–Trinajstić information content (AvgIpc) is 2.43. The molecule has 128 valence electrons. The zero-order chi connectivity index (χ0) is 18.4. The van der Waals surface area contributed by atoms with E-state index in [-0.39, 0.29) is 4.90 Å². The third kappa shape index (κ3) is 4.35. The van der Waals surface area contributed by atoms with Crippen LogP contribution in [0.25, 0.3) is 10.4 Å². The summed E-state index contributed by atoms with van der Waals surface area (Å²) in [4.78, 5) is 35.4. The van der Waals surface area contributed by atoms with E-state index in [1.165, 1.54) is 0 Å². The minimum atomic E-state index is -4.46. The number of azide groups is 1. The van der Waals surface area contributed by atoms with Crippen LogP contribution in [0.5, 0.6) is 0 Å². The van der Waals surface area contributed by atoms with Gasteiger partial charge in [0.15, 0.2) is 13.1 Å². The average molecular weight is 344 g/mol. The molecule has 23 heavy (non-hydrogen) atoms. The molecule has 0 aromatic carbocycles. The summed E-state index contributed by atoms with van der Waals surface area (Å²) in [5.41, 5.74) is 8.06. The Morgan fingerprint density at radius 1 is 0.913 bits per heavy atom. The van der Waals surface area contributed by atoms with Gasteiger partial charge in [-0.05, 0) is 5.53 Å². The van der Waals surface area contributed by atoms with E-state index in [0.717, 1.165) is 0 Å². The van der Waals surface area contributed by atoms with E-state index in [1.807, 2.05) is 0 Å². The smallest absolute Gasteiger partial charge is 0.265 e. The molecule has 0 aromatic heterocycles. The zero-order valence-electron chi connectivity index (χ0n) is 10.7. The number of alkyl halides is 2. The van der Waals surface area contributed by atoms with E-state index in [0.29, 0.717) is 0 Å². The van der Waals surface area contributed by atoms with Crippen molar-refractivity contribution in [3.8, 4) is 0 Å². The summed E-state index contributed by atoms with van der Waals surface area (Å²) in [5, 5.41) is 44.3. The summed E-state index contributed by atoms with van der Waals surface area (Å²) in [6.07, 6.45) is 0. The van der Waals surface area contributed by atoms with Crippen LogP contribution in [-0.4, -0.2) is 56.2 Å². The second kappa shape index (κ2) is 7.13. The Bertz CT molecular complexity index is 509. The highest BCUT2D eigenvalue weighted by atomic mass is 19.2. The van der Waals surface area contributed by atoms with Crippen molar-refractivity contribution in [3.05, 3.63) is 50.9 Å². The first kappa shape index (κ1) is 19.7. The van der Waals surface area contributed by atoms with Gasteiger partial charge in [-0.1, -0.05) is 13.9 Å². The topological polar surface area (TPSA) is 225 Å². The number of hydrogen-bond acceptors (Lipinski definition) is 10. The molecule has 0 fully saturated rings. The second-order valence-corrected chi connectivity index (χ2v) is 3.83. The largest absolute Gasteiger partial charge is 0.626 e. The van der Waals surface area contributed by atoms with E-state index in [2.05, 4.69) is 10.0 Å². The lowest BCUT2D eigenvalue weighted by Crippen LogP contribution is -2.57. The van der Waals surface area contributed by atoms with Gasteiger partial charge in [-0.25, -0.2) is 0 Å².